The number of carbonyl (C=O) groups is 2. The van der Waals surface area contributed by atoms with Crippen molar-refractivity contribution in [2.45, 2.75) is 13.1 Å². The van der Waals surface area contributed by atoms with Crippen molar-refractivity contribution < 1.29 is 19.1 Å². The van der Waals surface area contributed by atoms with E-state index in [0.717, 1.165) is 11.1 Å². The Labute approximate surface area is 147 Å². The highest BCUT2D eigenvalue weighted by Gasteiger charge is 2.28. The van der Waals surface area contributed by atoms with Crippen LogP contribution in [0.1, 0.15) is 32.0 Å². The van der Waals surface area contributed by atoms with Crippen LogP contribution in [-0.4, -0.2) is 31.5 Å². The Morgan fingerprint density at radius 1 is 1.27 bits per heavy atom. The molecule has 0 fully saturated rings. The lowest BCUT2D eigenvalue weighted by Crippen LogP contribution is -2.33. The second-order valence-corrected chi connectivity index (χ2v) is 6.29. The molecule has 26 heavy (non-hydrogen) atoms. The largest absolute Gasteiger partial charge is 0.478 e. The number of fused-ring (bicyclic) bond motifs is 1. The van der Waals surface area contributed by atoms with E-state index in [1.54, 1.807) is 33.8 Å². The number of pyridine rings is 1. The van der Waals surface area contributed by atoms with Gasteiger partial charge in [0.2, 0.25) is 0 Å². The molecule has 3 aromatic heterocycles. The summed E-state index contributed by atoms with van der Waals surface area (Å²) < 4.78 is 7.47. The van der Waals surface area contributed by atoms with Gasteiger partial charge < -0.3 is 14.4 Å². The molecule has 1 N–H and O–H groups in total. The van der Waals surface area contributed by atoms with Gasteiger partial charge in [-0.1, -0.05) is 18.2 Å². The fourth-order valence-corrected chi connectivity index (χ4v) is 3.53. The molecule has 0 saturated carbocycles. The first kappa shape index (κ1) is 14.7. The third-order valence-corrected chi connectivity index (χ3v) is 4.68. The van der Waals surface area contributed by atoms with Gasteiger partial charge >= 0.3 is 5.97 Å². The zero-order valence-corrected chi connectivity index (χ0v) is 13.5. The fourth-order valence-electron chi connectivity index (χ4n) is 3.53. The number of hydrogen-bond acceptors (Lipinski definition) is 4. The minimum Gasteiger partial charge on any atom is -0.478 e. The monoisotopic (exact) mass is 347 g/mol. The number of carbonyl (C=O) groups excluding carboxylic acids is 1. The molecule has 1 amide bonds. The first-order chi connectivity index (χ1) is 12.6. The fraction of sp³-hybridized carbons (Fsp3) is 0.105. The molecule has 128 valence electrons. The standard InChI is InChI=1S/C19H13N3O4/c23-18-15-8-20-22-6-2-4-12(16(15)22)9-21(18)10-13-7-11-3-1-5-14(19(24)25)17(11)26-13/h1-8H,9-10H2,(H,24,25). The molecule has 0 unspecified atom stereocenters. The Morgan fingerprint density at radius 3 is 3.00 bits per heavy atom. The molecule has 0 spiro atoms. The second kappa shape index (κ2) is 5.19. The molecule has 0 atom stereocenters. The van der Waals surface area contributed by atoms with Gasteiger partial charge in [-0.15, -0.1) is 0 Å². The van der Waals surface area contributed by atoms with Gasteiger partial charge in [-0.3, -0.25) is 4.79 Å². The zero-order chi connectivity index (χ0) is 17.8. The normalized spacial score (nSPS) is 13.7. The van der Waals surface area contributed by atoms with E-state index in [9.17, 15) is 14.7 Å². The van der Waals surface area contributed by atoms with Crippen LogP contribution in [0.15, 0.2) is 53.2 Å². The molecule has 4 aromatic rings. The quantitative estimate of drug-likeness (QED) is 0.615. The smallest absolute Gasteiger partial charge is 0.339 e. The van der Waals surface area contributed by atoms with Crippen molar-refractivity contribution in [3.63, 3.8) is 0 Å². The summed E-state index contributed by atoms with van der Waals surface area (Å²) >= 11 is 0. The van der Waals surface area contributed by atoms with E-state index >= 15 is 0 Å². The van der Waals surface area contributed by atoms with Gasteiger partial charge in [-0.25, -0.2) is 9.31 Å². The molecular formula is C19H13N3O4. The number of carboxylic acid groups (broad SMARTS) is 1. The van der Waals surface area contributed by atoms with Crippen LogP contribution in [0.4, 0.5) is 0 Å². The molecule has 4 heterocycles. The maximum Gasteiger partial charge on any atom is 0.339 e. The number of hydrogen-bond donors (Lipinski definition) is 1. The molecule has 7 nitrogen and oxygen atoms in total. The van der Waals surface area contributed by atoms with Gasteiger partial charge in [0.25, 0.3) is 5.91 Å². The number of benzene rings is 1. The maximum absolute atomic E-state index is 12.8. The number of aromatic nitrogens is 2. The lowest BCUT2D eigenvalue weighted by Gasteiger charge is -2.25. The van der Waals surface area contributed by atoms with Gasteiger partial charge in [0, 0.05) is 18.1 Å². The van der Waals surface area contributed by atoms with Crippen LogP contribution in [0.2, 0.25) is 0 Å². The van der Waals surface area contributed by atoms with Crippen molar-refractivity contribution in [3.8, 4) is 0 Å². The van der Waals surface area contributed by atoms with E-state index in [1.807, 2.05) is 18.3 Å². The molecule has 0 radical (unpaired) electrons. The average Bonchev–Trinajstić information content (AvgIpc) is 3.23. The lowest BCUT2D eigenvalue weighted by molar-refractivity contribution is 0.0690. The van der Waals surface area contributed by atoms with Crippen LogP contribution < -0.4 is 0 Å². The van der Waals surface area contributed by atoms with Gasteiger partial charge in [0.05, 0.1) is 23.8 Å². The topological polar surface area (TPSA) is 88.0 Å². The van der Waals surface area contributed by atoms with Gasteiger partial charge in [0.1, 0.15) is 16.9 Å². The number of aromatic carboxylic acids is 1. The Morgan fingerprint density at radius 2 is 2.15 bits per heavy atom. The Kier molecular flexibility index (Phi) is 2.94. The molecule has 5 rings (SSSR count). The zero-order valence-electron chi connectivity index (χ0n) is 13.5. The summed E-state index contributed by atoms with van der Waals surface area (Å²) in [5, 5.41) is 14.2. The summed E-state index contributed by atoms with van der Waals surface area (Å²) in [5.41, 5.74) is 2.86. The van der Waals surface area contributed by atoms with Crippen LogP contribution in [0.5, 0.6) is 0 Å². The predicted octanol–water partition coefficient (Wildman–Crippen LogP) is 2.93. The number of amides is 1. The first-order valence-corrected chi connectivity index (χ1v) is 8.11. The second-order valence-electron chi connectivity index (χ2n) is 6.29. The van der Waals surface area contributed by atoms with Crippen molar-refractivity contribution in [1.29, 1.82) is 0 Å². The Hall–Kier alpha value is -3.61. The van der Waals surface area contributed by atoms with Crippen molar-refractivity contribution >= 4 is 28.4 Å². The summed E-state index contributed by atoms with van der Waals surface area (Å²) in [6.07, 6.45) is 3.40. The third kappa shape index (κ3) is 2.03. The Balaban J connectivity index is 1.52. The van der Waals surface area contributed by atoms with Crippen LogP contribution in [0.25, 0.3) is 16.5 Å². The summed E-state index contributed by atoms with van der Waals surface area (Å²) in [6, 6.07) is 10.6. The predicted molar refractivity (Wildman–Crippen MR) is 91.9 cm³/mol. The van der Waals surface area contributed by atoms with Crippen molar-refractivity contribution in [3.05, 3.63) is 71.2 Å². The van der Waals surface area contributed by atoms with E-state index in [1.165, 1.54) is 6.07 Å². The van der Waals surface area contributed by atoms with Crippen LogP contribution in [0, 0.1) is 0 Å². The van der Waals surface area contributed by atoms with Gasteiger partial charge in [-0.2, -0.15) is 5.10 Å². The highest BCUT2D eigenvalue weighted by molar-refractivity contribution is 6.03. The van der Waals surface area contributed by atoms with Crippen LogP contribution in [0.3, 0.4) is 0 Å². The highest BCUT2D eigenvalue weighted by Crippen LogP contribution is 2.29. The first-order valence-electron chi connectivity index (χ1n) is 8.11. The molecular weight excluding hydrogens is 334 g/mol. The lowest BCUT2D eigenvalue weighted by atomic mass is 10.1. The molecule has 1 aliphatic heterocycles. The van der Waals surface area contributed by atoms with Crippen LogP contribution >= 0.6 is 0 Å². The summed E-state index contributed by atoms with van der Waals surface area (Å²) in [7, 11) is 0. The molecule has 0 saturated heterocycles. The molecule has 1 aliphatic rings. The van der Waals surface area contributed by atoms with E-state index in [0.29, 0.717) is 28.8 Å². The van der Waals surface area contributed by atoms with Crippen molar-refractivity contribution in [1.82, 2.24) is 14.5 Å². The summed E-state index contributed by atoms with van der Waals surface area (Å²) in [4.78, 5) is 25.8. The average molecular weight is 347 g/mol. The molecule has 1 aromatic carbocycles. The van der Waals surface area contributed by atoms with Crippen molar-refractivity contribution in [2.75, 3.05) is 0 Å². The SMILES string of the molecule is O=C(O)c1cccc2cc(CN3Cc4cccn5ncc(c45)C3=O)oc12. The number of carboxylic acids is 1. The van der Waals surface area contributed by atoms with Gasteiger partial charge in [0.15, 0.2) is 0 Å². The van der Waals surface area contributed by atoms with Crippen LogP contribution in [-0.2, 0) is 13.1 Å². The number of rotatable bonds is 3. The third-order valence-electron chi connectivity index (χ3n) is 4.68. The van der Waals surface area contributed by atoms with E-state index < -0.39 is 5.97 Å². The summed E-state index contributed by atoms with van der Waals surface area (Å²) in [6.45, 7) is 0.711. The summed E-state index contributed by atoms with van der Waals surface area (Å²) in [5.74, 6) is -0.607. The minimum absolute atomic E-state index is 0.113. The Bertz CT molecular complexity index is 1200. The number of nitrogens with zero attached hydrogens (tertiary/aromatic N) is 3. The molecule has 7 heteroatoms. The number of para-hydroxylation sites is 1. The highest BCUT2D eigenvalue weighted by atomic mass is 16.4. The van der Waals surface area contributed by atoms with E-state index in [-0.39, 0.29) is 18.0 Å². The molecule has 0 bridgehead atoms. The number of furan rings is 1. The van der Waals surface area contributed by atoms with Gasteiger partial charge in [-0.05, 0) is 23.8 Å². The van der Waals surface area contributed by atoms with Crippen molar-refractivity contribution in [2.24, 2.45) is 0 Å². The maximum atomic E-state index is 12.8. The van der Waals surface area contributed by atoms with E-state index in [4.69, 9.17) is 4.42 Å². The van der Waals surface area contributed by atoms with E-state index in [2.05, 4.69) is 5.10 Å². The molecule has 0 aliphatic carbocycles. The minimum atomic E-state index is -1.04.